The van der Waals surface area contributed by atoms with E-state index in [-0.39, 0.29) is 17.8 Å². The number of piperidine rings is 1. The number of nitrogens with zero attached hydrogens (tertiary/aromatic N) is 4. The predicted molar refractivity (Wildman–Crippen MR) is 126 cm³/mol. The summed E-state index contributed by atoms with van der Waals surface area (Å²) < 4.78 is 13.4. The minimum absolute atomic E-state index is 0.00371. The molecule has 3 heterocycles. The lowest BCUT2D eigenvalue weighted by atomic mass is 9.86. The molecule has 1 aliphatic rings. The molecular weight excluding hydrogens is 449 g/mol. The van der Waals surface area contributed by atoms with E-state index in [1.54, 1.807) is 24.5 Å². The van der Waals surface area contributed by atoms with Gasteiger partial charge in [-0.1, -0.05) is 24.9 Å². The van der Waals surface area contributed by atoms with Gasteiger partial charge in [0.25, 0.3) is 5.91 Å². The Morgan fingerprint density at radius 1 is 1.28 bits per heavy atom. The molecule has 3 aromatic rings. The normalized spacial score (nSPS) is 18.6. The fourth-order valence-corrected chi connectivity index (χ4v) is 5.24. The van der Waals surface area contributed by atoms with Gasteiger partial charge in [0, 0.05) is 18.7 Å². The minimum Gasteiger partial charge on any atom is -0.352 e. The number of nitrogens with one attached hydrogen (secondary N) is 1. The Hall–Kier alpha value is -2.58. The number of likely N-dealkylation sites (tertiary alicyclic amines) is 1. The highest BCUT2D eigenvalue weighted by atomic mass is 35.5. The lowest BCUT2D eigenvalue weighted by molar-refractivity contribution is 0.0519. The molecule has 1 aromatic carbocycles. The molecule has 6 nitrogen and oxygen atoms in total. The molecule has 0 radical (unpaired) electrons. The minimum atomic E-state index is -0.314. The van der Waals surface area contributed by atoms with E-state index in [0.29, 0.717) is 40.5 Å². The number of benzene rings is 1. The SMILES string of the molecule is CC[C@@H]1CCCN(C(=O)c2sc(C)nc2-c2ccc(F)cc2)[C@@H]1CNc1ncc(Cl)cn1. The van der Waals surface area contributed by atoms with Crippen molar-refractivity contribution in [3.05, 3.63) is 57.4 Å². The monoisotopic (exact) mass is 473 g/mol. The number of thiazole rings is 1. The maximum absolute atomic E-state index is 13.7. The van der Waals surface area contributed by atoms with E-state index in [1.165, 1.54) is 23.5 Å². The molecule has 1 N–H and O–H groups in total. The van der Waals surface area contributed by atoms with Gasteiger partial charge in [0.1, 0.15) is 10.7 Å². The summed E-state index contributed by atoms with van der Waals surface area (Å²) in [5.74, 6) is 0.515. The van der Waals surface area contributed by atoms with Crippen LogP contribution in [0.3, 0.4) is 0 Å². The lowest BCUT2D eigenvalue weighted by Crippen LogP contribution is -2.51. The molecule has 4 rings (SSSR count). The number of rotatable bonds is 6. The van der Waals surface area contributed by atoms with E-state index in [9.17, 15) is 9.18 Å². The molecule has 0 aliphatic carbocycles. The smallest absolute Gasteiger partial charge is 0.266 e. The zero-order valence-corrected chi connectivity index (χ0v) is 19.6. The number of aromatic nitrogens is 3. The van der Waals surface area contributed by atoms with Crippen LogP contribution in [0.5, 0.6) is 0 Å². The molecule has 2 aromatic heterocycles. The van der Waals surface area contributed by atoms with Gasteiger partial charge in [-0.2, -0.15) is 0 Å². The molecule has 0 saturated carbocycles. The van der Waals surface area contributed by atoms with Crippen LogP contribution in [0.15, 0.2) is 36.7 Å². The van der Waals surface area contributed by atoms with Crippen molar-refractivity contribution in [3.8, 4) is 11.3 Å². The standard InChI is InChI=1S/C23H25ClFN5OS/c1-3-15-5-4-10-30(19(15)13-28-23-26-11-17(24)12-27-23)22(31)21-20(29-14(2)32-21)16-6-8-18(25)9-7-16/h6-9,11-12,15,19H,3-5,10,13H2,1-2H3,(H,26,27,28)/t15-,19-/m1/s1. The van der Waals surface area contributed by atoms with Gasteiger partial charge in [0.05, 0.1) is 34.2 Å². The van der Waals surface area contributed by atoms with Gasteiger partial charge in [-0.05, 0) is 49.9 Å². The van der Waals surface area contributed by atoms with Gasteiger partial charge in [-0.25, -0.2) is 19.3 Å². The van der Waals surface area contributed by atoms with Crippen LogP contribution in [0.25, 0.3) is 11.3 Å². The summed E-state index contributed by atoms with van der Waals surface area (Å²) >= 11 is 7.27. The zero-order chi connectivity index (χ0) is 22.7. The van der Waals surface area contributed by atoms with Gasteiger partial charge in [0.2, 0.25) is 5.95 Å². The molecule has 1 saturated heterocycles. The van der Waals surface area contributed by atoms with E-state index >= 15 is 0 Å². The van der Waals surface area contributed by atoms with Crippen LogP contribution in [0.1, 0.15) is 40.9 Å². The summed E-state index contributed by atoms with van der Waals surface area (Å²) in [6.07, 6.45) is 6.10. The second-order valence-corrected chi connectivity index (χ2v) is 9.54. The molecule has 0 unspecified atom stereocenters. The van der Waals surface area contributed by atoms with Gasteiger partial charge < -0.3 is 10.2 Å². The van der Waals surface area contributed by atoms with Crippen LogP contribution in [0.2, 0.25) is 5.02 Å². The van der Waals surface area contributed by atoms with Crippen molar-refractivity contribution >= 4 is 34.8 Å². The van der Waals surface area contributed by atoms with Crippen LogP contribution >= 0.6 is 22.9 Å². The fourth-order valence-electron chi connectivity index (χ4n) is 4.25. The highest BCUT2D eigenvalue weighted by molar-refractivity contribution is 7.14. The molecule has 1 amide bonds. The average molecular weight is 474 g/mol. The van der Waals surface area contributed by atoms with E-state index in [4.69, 9.17) is 11.6 Å². The Bertz CT molecular complexity index is 1070. The quantitative estimate of drug-likeness (QED) is 0.515. The summed E-state index contributed by atoms with van der Waals surface area (Å²) in [5, 5.41) is 4.55. The summed E-state index contributed by atoms with van der Waals surface area (Å²) in [7, 11) is 0. The van der Waals surface area contributed by atoms with Crippen LogP contribution in [0.4, 0.5) is 10.3 Å². The Morgan fingerprint density at radius 3 is 2.69 bits per heavy atom. The maximum Gasteiger partial charge on any atom is 0.266 e. The third kappa shape index (κ3) is 4.91. The van der Waals surface area contributed by atoms with Crippen LogP contribution in [-0.2, 0) is 0 Å². The van der Waals surface area contributed by atoms with Crippen molar-refractivity contribution in [2.75, 3.05) is 18.4 Å². The van der Waals surface area contributed by atoms with Crippen molar-refractivity contribution in [1.82, 2.24) is 19.9 Å². The van der Waals surface area contributed by atoms with Crippen molar-refractivity contribution in [1.29, 1.82) is 0 Å². The van der Waals surface area contributed by atoms with Gasteiger partial charge >= 0.3 is 0 Å². The third-order valence-corrected chi connectivity index (χ3v) is 6.99. The second kappa shape index (κ2) is 9.92. The molecule has 1 aliphatic heterocycles. The molecule has 0 spiro atoms. The summed E-state index contributed by atoms with van der Waals surface area (Å²) in [5.41, 5.74) is 1.36. The number of hydrogen-bond donors (Lipinski definition) is 1. The van der Waals surface area contributed by atoms with E-state index in [0.717, 1.165) is 29.8 Å². The Morgan fingerprint density at radius 2 is 2.00 bits per heavy atom. The van der Waals surface area contributed by atoms with Gasteiger partial charge in [-0.3, -0.25) is 4.79 Å². The van der Waals surface area contributed by atoms with Gasteiger partial charge in [0.15, 0.2) is 0 Å². The first-order valence-electron chi connectivity index (χ1n) is 10.7. The summed E-state index contributed by atoms with van der Waals surface area (Å²) in [4.78, 5) is 29.3. The van der Waals surface area contributed by atoms with Crippen LogP contribution < -0.4 is 5.32 Å². The zero-order valence-electron chi connectivity index (χ0n) is 18.0. The first-order chi connectivity index (χ1) is 15.5. The number of anilines is 1. The van der Waals surface area contributed by atoms with Gasteiger partial charge in [-0.15, -0.1) is 11.3 Å². The van der Waals surface area contributed by atoms with E-state index in [1.807, 2.05) is 11.8 Å². The highest BCUT2D eigenvalue weighted by Gasteiger charge is 2.35. The predicted octanol–water partition coefficient (Wildman–Crippen LogP) is 5.44. The van der Waals surface area contributed by atoms with Crippen molar-refractivity contribution in [3.63, 3.8) is 0 Å². The summed E-state index contributed by atoms with van der Waals surface area (Å²) in [6, 6.07) is 6.13. The number of amides is 1. The maximum atomic E-state index is 13.7. The largest absolute Gasteiger partial charge is 0.352 e. The number of carbonyl (C=O) groups is 1. The first-order valence-corrected chi connectivity index (χ1v) is 11.9. The number of aryl methyl sites for hydroxylation is 1. The lowest BCUT2D eigenvalue weighted by Gasteiger charge is -2.41. The van der Waals surface area contributed by atoms with E-state index in [2.05, 4.69) is 27.2 Å². The van der Waals surface area contributed by atoms with Crippen molar-refractivity contribution in [2.45, 2.75) is 39.2 Å². The molecular formula is C23H25ClFN5OS. The molecule has 9 heteroatoms. The number of hydrogen-bond acceptors (Lipinski definition) is 6. The second-order valence-electron chi connectivity index (χ2n) is 7.90. The molecule has 0 bridgehead atoms. The molecule has 168 valence electrons. The summed E-state index contributed by atoms with van der Waals surface area (Å²) in [6.45, 7) is 5.28. The third-order valence-electron chi connectivity index (χ3n) is 5.84. The highest BCUT2D eigenvalue weighted by Crippen LogP contribution is 2.33. The van der Waals surface area contributed by atoms with Crippen molar-refractivity contribution in [2.24, 2.45) is 5.92 Å². The fraction of sp³-hybridized carbons (Fsp3) is 0.391. The molecule has 1 fully saturated rings. The topological polar surface area (TPSA) is 71.0 Å². The Kier molecular flexibility index (Phi) is 7.01. The average Bonchev–Trinajstić information content (AvgIpc) is 3.20. The molecule has 32 heavy (non-hydrogen) atoms. The number of halogens is 2. The Labute approximate surface area is 195 Å². The van der Waals surface area contributed by atoms with E-state index < -0.39 is 0 Å². The van der Waals surface area contributed by atoms with Crippen molar-refractivity contribution < 1.29 is 9.18 Å². The van der Waals surface area contributed by atoms with Crippen LogP contribution in [0, 0.1) is 18.7 Å². The Balaban J connectivity index is 1.60. The first kappa shape index (κ1) is 22.6. The van der Waals surface area contributed by atoms with Crippen LogP contribution in [-0.4, -0.2) is 44.9 Å². The number of carbonyl (C=O) groups excluding carboxylic acids is 1. The molecule has 2 atom stereocenters.